The second-order valence-electron chi connectivity index (χ2n) is 5.19. The van der Waals surface area contributed by atoms with Gasteiger partial charge in [0.1, 0.15) is 0 Å². The Balaban J connectivity index is 1.69. The molecule has 0 aliphatic heterocycles. The van der Waals surface area contributed by atoms with Crippen molar-refractivity contribution in [1.29, 1.82) is 0 Å². The molecule has 1 aromatic heterocycles. The molecule has 3 N–H and O–H groups in total. The van der Waals surface area contributed by atoms with Crippen molar-refractivity contribution in [2.45, 2.75) is 13.3 Å². The van der Waals surface area contributed by atoms with Crippen molar-refractivity contribution in [1.82, 2.24) is 4.98 Å². The molecule has 0 unspecified atom stereocenters. The van der Waals surface area contributed by atoms with Gasteiger partial charge in [-0.2, -0.15) is 0 Å². The van der Waals surface area contributed by atoms with E-state index in [1.165, 1.54) is 11.3 Å². The molecule has 0 fully saturated rings. The maximum Gasteiger partial charge on any atom is 0.323 e. The van der Waals surface area contributed by atoms with E-state index >= 15 is 0 Å². The molecule has 3 amide bonds. The van der Waals surface area contributed by atoms with Gasteiger partial charge in [-0.05, 0) is 42.5 Å². The molecule has 0 aliphatic carbocycles. The number of benzene rings is 2. The quantitative estimate of drug-likeness (QED) is 0.604. The highest BCUT2D eigenvalue weighted by atomic mass is 35.5. The fraction of sp³-hybridized carbons (Fsp3) is 0.118. The Hall–Kier alpha value is -2.64. The summed E-state index contributed by atoms with van der Waals surface area (Å²) in [4.78, 5) is 27.9. The molecule has 0 saturated carbocycles. The number of rotatable bonds is 4. The third-order valence-electron chi connectivity index (χ3n) is 3.31. The number of nitrogens with zero attached hydrogens (tertiary/aromatic N) is 1. The Morgan fingerprint density at radius 1 is 1.04 bits per heavy atom. The summed E-state index contributed by atoms with van der Waals surface area (Å²) in [5.41, 5.74) is 1.96. The third-order valence-corrected chi connectivity index (χ3v) is 4.52. The Morgan fingerprint density at radius 3 is 2.44 bits per heavy atom. The van der Waals surface area contributed by atoms with Gasteiger partial charge in [0, 0.05) is 22.8 Å². The first-order chi connectivity index (χ1) is 12.0. The highest BCUT2D eigenvalue weighted by molar-refractivity contribution is 7.22. The number of hydrogen-bond donors (Lipinski definition) is 3. The number of halogens is 1. The summed E-state index contributed by atoms with van der Waals surface area (Å²) < 4.78 is 0.926. The van der Waals surface area contributed by atoms with Gasteiger partial charge in [-0.15, -0.1) is 0 Å². The predicted molar refractivity (Wildman–Crippen MR) is 103 cm³/mol. The fourth-order valence-electron chi connectivity index (χ4n) is 2.09. The van der Waals surface area contributed by atoms with Crippen LogP contribution in [0.25, 0.3) is 10.2 Å². The normalized spacial score (nSPS) is 10.5. The first-order valence-corrected chi connectivity index (χ1v) is 8.77. The summed E-state index contributed by atoms with van der Waals surface area (Å²) in [6.45, 7) is 1.78. The average molecular weight is 375 g/mol. The van der Waals surface area contributed by atoms with Crippen LogP contribution < -0.4 is 16.0 Å². The van der Waals surface area contributed by atoms with Gasteiger partial charge in [0.2, 0.25) is 5.91 Å². The number of carbonyl (C=O) groups excluding carboxylic acids is 2. The Labute approximate surface area is 153 Å². The van der Waals surface area contributed by atoms with Gasteiger partial charge in [0.25, 0.3) is 0 Å². The minimum Gasteiger partial charge on any atom is -0.308 e. The zero-order valence-electron chi connectivity index (χ0n) is 13.3. The second-order valence-corrected chi connectivity index (χ2v) is 6.66. The minimum absolute atomic E-state index is 0.0836. The maximum atomic E-state index is 12.1. The molecule has 0 radical (unpaired) electrons. The molecule has 128 valence electrons. The van der Waals surface area contributed by atoms with Crippen molar-refractivity contribution >= 4 is 61.6 Å². The Bertz CT molecular complexity index is 924. The monoisotopic (exact) mass is 374 g/mol. The number of urea groups is 1. The smallest absolute Gasteiger partial charge is 0.308 e. The molecular formula is C17H15ClN4O2S. The summed E-state index contributed by atoms with van der Waals surface area (Å²) in [5, 5.41) is 9.36. The van der Waals surface area contributed by atoms with E-state index in [0.29, 0.717) is 33.5 Å². The number of nitrogens with one attached hydrogen (secondary N) is 3. The van der Waals surface area contributed by atoms with Gasteiger partial charge in [-0.3, -0.25) is 4.79 Å². The zero-order chi connectivity index (χ0) is 17.8. The lowest BCUT2D eigenvalue weighted by Crippen LogP contribution is -2.19. The van der Waals surface area contributed by atoms with Crippen LogP contribution >= 0.6 is 22.9 Å². The van der Waals surface area contributed by atoms with E-state index in [-0.39, 0.29) is 11.9 Å². The van der Waals surface area contributed by atoms with Crippen LogP contribution in [0.2, 0.25) is 5.02 Å². The highest BCUT2D eigenvalue weighted by Crippen LogP contribution is 2.28. The first kappa shape index (κ1) is 17.2. The molecule has 25 heavy (non-hydrogen) atoms. The molecule has 0 aliphatic rings. The minimum atomic E-state index is -0.364. The number of carbonyl (C=O) groups is 2. The summed E-state index contributed by atoms with van der Waals surface area (Å²) >= 11 is 7.20. The van der Waals surface area contributed by atoms with Crippen LogP contribution in [-0.4, -0.2) is 16.9 Å². The summed E-state index contributed by atoms with van der Waals surface area (Å²) in [5.74, 6) is -0.0836. The van der Waals surface area contributed by atoms with Crippen LogP contribution in [0.1, 0.15) is 13.3 Å². The topological polar surface area (TPSA) is 83.1 Å². The summed E-state index contributed by atoms with van der Waals surface area (Å²) in [6, 6.07) is 11.9. The summed E-state index contributed by atoms with van der Waals surface area (Å²) in [6.07, 6.45) is 0.396. The molecule has 0 saturated heterocycles. The number of aromatic nitrogens is 1. The molecule has 8 heteroatoms. The largest absolute Gasteiger partial charge is 0.323 e. The van der Waals surface area contributed by atoms with Crippen molar-refractivity contribution < 1.29 is 9.59 Å². The van der Waals surface area contributed by atoms with Crippen LogP contribution in [-0.2, 0) is 4.79 Å². The van der Waals surface area contributed by atoms with Gasteiger partial charge in [-0.1, -0.05) is 29.9 Å². The number of hydrogen-bond acceptors (Lipinski definition) is 4. The van der Waals surface area contributed by atoms with Crippen LogP contribution in [0.15, 0.2) is 42.5 Å². The SMILES string of the molecule is CCC(=O)Nc1nc2cc(NC(=O)Nc3ccc(Cl)cc3)ccc2s1. The lowest BCUT2D eigenvalue weighted by Gasteiger charge is -2.07. The van der Waals surface area contributed by atoms with Gasteiger partial charge >= 0.3 is 6.03 Å². The fourth-order valence-corrected chi connectivity index (χ4v) is 3.08. The molecular weight excluding hydrogens is 360 g/mol. The van der Waals surface area contributed by atoms with E-state index in [1.54, 1.807) is 43.3 Å². The van der Waals surface area contributed by atoms with Gasteiger partial charge in [-0.25, -0.2) is 9.78 Å². The van der Waals surface area contributed by atoms with E-state index < -0.39 is 0 Å². The standard InChI is InChI=1S/C17H15ClN4O2S/c1-2-15(23)22-17-21-13-9-12(7-8-14(13)25-17)20-16(24)19-11-5-3-10(18)4-6-11/h3-9H,2H2,1H3,(H2,19,20,24)(H,21,22,23). The molecule has 3 rings (SSSR count). The molecule has 6 nitrogen and oxygen atoms in total. The first-order valence-electron chi connectivity index (χ1n) is 7.57. The molecule has 0 spiro atoms. The van der Waals surface area contributed by atoms with Crippen molar-refractivity contribution in [2.75, 3.05) is 16.0 Å². The van der Waals surface area contributed by atoms with E-state index in [2.05, 4.69) is 20.9 Å². The maximum absolute atomic E-state index is 12.1. The Morgan fingerprint density at radius 2 is 1.72 bits per heavy atom. The zero-order valence-corrected chi connectivity index (χ0v) is 14.9. The predicted octanol–water partition coefficient (Wildman–Crippen LogP) is 4.94. The Kier molecular flexibility index (Phi) is 5.16. The van der Waals surface area contributed by atoms with Crippen LogP contribution in [0.5, 0.6) is 0 Å². The van der Waals surface area contributed by atoms with E-state index in [9.17, 15) is 9.59 Å². The lowest BCUT2D eigenvalue weighted by molar-refractivity contribution is -0.115. The number of thiazole rings is 1. The van der Waals surface area contributed by atoms with E-state index in [4.69, 9.17) is 11.6 Å². The van der Waals surface area contributed by atoms with Crippen molar-refractivity contribution in [2.24, 2.45) is 0 Å². The van der Waals surface area contributed by atoms with Gasteiger partial charge in [0.15, 0.2) is 5.13 Å². The van der Waals surface area contributed by atoms with Crippen LogP contribution in [0, 0.1) is 0 Å². The number of amides is 3. The molecule has 1 heterocycles. The molecule has 0 bridgehead atoms. The van der Waals surface area contributed by atoms with Crippen LogP contribution in [0.4, 0.5) is 21.3 Å². The summed E-state index contributed by atoms with van der Waals surface area (Å²) in [7, 11) is 0. The molecule has 0 atom stereocenters. The average Bonchev–Trinajstić information content (AvgIpc) is 2.98. The van der Waals surface area contributed by atoms with E-state index in [0.717, 1.165) is 4.70 Å². The highest BCUT2D eigenvalue weighted by Gasteiger charge is 2.09. The van der Waals surface area contributed by atoms with Gasteiger partial charge in [0.05, 0.1) is 10.2 Å². The lowest BCUT2D eigenvalue weighted by atomic mass is 10.3. The number of anilines is 3. The molecule has 3 aromatic rings. The van der Waals surface area contributed by atoms with Crippen molar-refractivity contribution in [3.8, 4) is 0 Å². The van der Waals surface area contributed by atoms with Crippen molar-refractivity contribution in [3.05, 3.63) is 47.5 Å². The number of fused-ring (bicyclic) bond motifs is 1. The van der Waals surface area contributed by atoms with Gasteiger partial charge < -0.3 is 16.0 Å². The van der Waals surface area contributed by atoms with Crippen molar-refractivity contribution in [3.63, 3.8) is 0 Å². The molecule has 2 aromatic carbocycles. The third kappa shape index (κ3) is 4.46. The second kappa shape index (κ2) is 7.50. The van der Waals surface area contributed by atoms with E-state index in [1.807, 2.05) is 6.07 Å². The van der Waals surface area contributed by atoms with Crippen LogP contribution in [0.3, 0.4) is 0 Å².